The molecule has 0 spiro atoms. The molecule has 130 valence electrons. The second-order valence-electron chi connectivity index (χ2n) is 6.18. The van der Waals surface area contributed by atoms with E-state index in [0.717, 1.165) is 41.2 Å². The molecular formula is C22H22N4. The maximum absolute atomic E-state index is 4.64. The first kappa shape index (κ1) is 16.3. The van der Waals surface area contributed by atoms with Crippen LogP contribution in [0.15, 0.2) is 73.2 Å². The number of fused-ring (bicyclic) bond motifs is 1. The Morgan fingerprint density at radius 2 is 1.50 bits per heavy atom. The zero-order chi connectivity index (χ0) is 17.9. The molecule has 0 saturated heterocycles. The van der Waals surface area contributed by atoms with Crippen molar-refractivity contribution in [2.45, 2.75) is 13.8 Å². The Kier molecular flexibility index (Phi) is 4.40. The normalized spacial score (nSPS) is 11.0. The summed E-state index contributed by atoms with van der Waals surface area (Å²) in [6, 6.07) is 20.8. The van der Waals surface area contributed by atoms with Gasteiger partial charge in [0.05, 0.1) is 5.39 Å². The van der Waals surface area contributed by atoms with Crippen LogP contribution in [0.1, 0.15) is 13.8 Å². The van der Waals surface area contributed by atoms with Crippen molar-refractivity contribution in [2.75, 3.05) is 18.0 Å². The Labute approximate surface area is 153 Å². The van der Waals surface area contributed by atoms with Gasteiger partial charge in [0.25, 0.3) is 0 Å². The molecule has 2 aromatic heterocycles. The minimum atomic E-state index is 0.910. The van der Waals surface area contributed by atoms with Crippen molar-refractivity contribution < 1.29 is 0 Å². The van der Waals surface area contributed by atoms with Crippen LogP contribution in [-0.2, 0) is 0 Å². The first-order chi connectivity index (χ1) is 12.8. The maximum Gasteiger partial charge on any atom is 0.150 e. The van der Waals surface area contributed by atoms with E-state index >= 15 is 0 Å². The van der Waals surface area contributed by atoms with Gasteiger partial charge >= 0.3 is 0 Å². The maximum atomic E-state index is 4.64. The van der Waals surface area contributed by atoms with Crippen LogP contribution in [0.2, 0.25) is 0 Å². The van der Waals surface area contributed by atoms with Crippen LogP contribution in [-0.4, -0.2) is 27.6 Å². The summed E-state index contributed by atoms with van der Waals surface area (Å²) in [5, 5.41) is 1.10. The average molecular weight is 342 g/mol. The predicted octanol–water partition coefficient (Wildman–Crippen LogP) is 4.93. The zero-order valence-electron chi connectivity index (χ0n) is 15.1. The minimum Gasteiger partial charge on any atom is -0.356 e. The fourth-order valence-corrected chi connectivity index (χ4v) is 3.43. The molecule has 0 radical (unpaired) electrons. The molecule has 4 rings (SSSR count). The molecule has 0 atom stereocenters. The molecule has 0 N–H and O–H groups in total. The molecular weight excluding hydrogens is 320 g/mol. The first-order valence-electron chi connectivity index (χ1n) is 9.05. The molecule has 0 fully saturated rings. The van der Waals surface area contributed by atoms with Gasteiger partial charge in [0.1, 0.15) is 12.1 Å². The number of rotatable bonds is 5. The highest BCUT2D eigenvalue weighted by Crippen LogP contribution is 2.36. The number of hydrogen-bond acceptors (Lipinski definition) is 3. The highest BCUT2D eigenvalue weighted by molar-refractivity contribution is 6.02. The lowest BCUT2D eigenvalue weighted by molar-refractivity contribution is 0.848. The molecule has 4 heteroatoms. The molecule has 4 nitrogen and oxygen atoms in total. The molecule has 2 aromatic carbocycles. The van der Waals surface area contributed by atoms with Gasteiger partial charge in [0.15, 0.2) is 5.65 Å². The Hall–Kier alpha value is -3.14. The van der Waals surface area contributed by atoms with Crippen LogP contribution in [0.4, 0.5) is 5.82 Å². The van der Waals surface area contributed by atoms with Gasteiger partial charge in [-0.2, -0.15) is 0 Å². The third kappa shape index (κ3) is 2.73. The minimum absolute atomic E-state index is 0.910. The number of anilines is 1. The molecule has 26 heavy (non-hydrogen) atoms. The van der Waals surface area contributed by atoms with Crippen molar-refractivity contribution in [3.05, 3.63) is 73.2 Å². The zero-order valence-corrected chi connectivity index (χ0v) is 15.1. The van der Waals surface area contributed by atoms with Crippen molar-refractivity contribution in [3.8, 4) is 16.8 Å². The summed E-state index contributed by atoms with van der Waals surface area (Å²) in [5.41, 5.74) is 4.37. The smallest absolute Gasteiger partial charge is 0.150 e. The van der Waals surface area contributed by atoms with Crippen LogP contribution in [0.3, 0.4) is 0 Å². The first-order valence-corrected chi connectivity index (χ1v) is 9.05. The second kappa shape index (κ2) is 7.00. The van der Waals surface area contributed by atoms with Gasteiger partial charge in [-0.05, 0) is 31.5 Å². The van der Waals surface area contributed by atoms with Crippen LogP contribution >= 0.6 is 0 Å². The molecule has 2 heterocycles. The molecule has 0 saturated carbocycles. The van der Waals surface area contributed by atoms with E-state index in [1.54, 1.807) is 6.33 Å². The van der Waals surface area contributed by atoms with E-state index in [-0.39, 0.29) is 0 Å². The summed E-state index contributed by atoms with van der Waals surface area (Å²) >= 11 is 0. The largest absolute Gasteiger partial charge is 0.356 e. The van der Waals surface area contributed by atoms with E-state index in [4.69, 9.17) is 0 Å². The molecule has 0 unspecified atom stereocenters. The SMILES string of the molecule is CCN(CC)c1ncnc2c1c(-c1ccccc1)cn2-c1ccccc1. The quantitative estimate of drug-likeness (QED) is 0.515. The fraction of sp³-hybridized carbons (Fsp3) is 0.182. The van der Waals surface area contributed by atoms with Gasteiger partial charge in [-0.1, -0.05) is 48.5 Å². The van der Waals surface area contributed by atoms with Gasteiger partial charge in [-0.3, -0.25) is 0 Å². The Morgan fingerprint density at radius 1 is 0.846 bits per heavy atom. The summed E-state index contributed by atoms with van der Waals surface area (Å²) in [6.07, 6.45) is 3.85. The summed E-state index contributed by atoms with van der Waals surface area (Å²) in [4.78, 5) is 11.6. The number of benzene rings is 2. The van der Waals surface area contributed by atoms with Crippen LogP contribution in [0, 0.1) is 0 Å². The van der Waals surface area contributed by atoms with E-state index in [1.165, 1.54) is 5.56 Å². The van der Waals surface area contributed by atoms with Gasteiger partial charge in [-0.25, -0.2) is 9.97 Å². The van der Waals surface area contributed by atoms with Crippen molar-refractivity contribution in [1.82, 2.24) is 14.5 Å². The summed E-state index contributed by atoms with van der Waals surface area (Å²) in [7, 11) is 0. The van der Waals surface area contributed by atoms with Crippen molar-refractivity contribution in [1.29, 1.82) is 0 Å². The summed E-state index contributed by atoms with van der Waals surface area (Å²) in [5.74, 6) is 0.994. The van der Waals surface area contributed by atoms with E-state index in [2.05, 4.69) is 88.0 Å². The molecule has 0 aliphatic heterocycles. The number of hydrogen-bond donors (Lipinski definition) is 0. The Morgan fingerprint density at radius 3 is 2.15 bits per heavy atom. The van der Waals surface area contributed by atoms with Crippen LogP contribution < -0.4 is 4.90 Å². The third-order valence-corrected chi connectivity index (χ3v) is 4.75. The van der Waals surface area contributed by atoms with Crippen molar-refractivity contribution in [3.63, 3.8) is 0 Å². The third-order valence-electron chi connectivity index (χ3n) is 4.75. The summed E-state index contributed by atoms with van der Waals surface area (Å²) in [6.45, 7) is 6.14. The highest BCUT2D eigenvalue weighted by Gasteiger charge is 2.19. The molecule has 0 bridgehead atoms. The molecule has 0 amide bonds. The topological polar surface area (TPSA) is 34.0 Å². The molecule has 4 aromatic rings. The molecule has 0 aliphatic rings. The van der Waals surface area contributed by atoms with Crippen LogP contribution in [0.5, 0.6) is 0 Å². The fourth-order valence-electron chi connectivity index (χ4n) is 3.43. The van der Waals surface area contributed by atoms with Gasteiger partial charge < -0.3 is 9.47 Å². The average Bonchev–Trinajstić information content (AvgIpc) is 3.11. The Balaban J connectivity index is 2.06. The van der Waals surface area contributed by atoms with Gasteiger partial charge in [0, 0.05) is 30.5 Å². The van der Waals surface area contributed by atoms with E-state index < -0.39 is 0 Å². The lowest BCUT2D eigenvalue weighted by Gasteiger charge is -2.21. The Bertz CT molecular complexity index is 1000. The highest BCUT2D eigenvalue weighted by atomic mass is 15.2. The van der Waals surface area contributed by atoms with Gasteiger partial charge in [-0.15, -0.1) is 0 Å². The summed E-state index contributed by atoms with van der Waals surface area (Å²) < 4.78 is 2.16. The van der Waals surface area contributed by atoms with Crippen LogP contribution in [0.25, 0.3) is 27.8 Å². The van der Waals surface area contributed by atoms with E-state index in [0.29, 0.717) is 0 Å². The number of nitrogens with zero attached hydrogens (tertiary/aromatic N) is 4. The lowest BCUT2D eigenvalue weighted by atomic mass is 10.1. The monoisotopic (exact) mass is 342 g/mol. The molecule has 0 aliphatic carbocycles. The number of aromatic nitrogens is 3. The van der Waals surface area contributed by atoms with Crippen molar-refractivity contribution >= 4 is 16.9 Å². The lowest BCUT2D eigenvalue weighted by Crippen LogP contribution is -2.23. The second-order valence-corrected chi connectivity index (χ2v) is 6.18. The van der Waals surface area contributed by atoms with Crippen molar-refractivity contribution in [2.24, 2.45) is 0 Å². The number of para-hydroxylation sites is 1. The van der Waals surface area contributed by atoms with E-state index in [1.807, 2.05) is 12.1 Å². The predicted molar refractivity (Wildman–Crippen MR) is 108 cm³/mol. The van der Waals surface area contributed by atoms with Gasteiger partial charge in [0.2, 0.25) is 0 Å². The van der Waals surface area contributed by atoms with E-state index in [9.17, 15) is 0 Å². The standard InChI is InChI=1S/C22H22N4/c1-3-25(4-2)21-20-19(17-11-7-5-8-12-17)15-26(22(20)24-16-23-21)18-13-9-6-10-14-18/h5-16H,3-4H2,1-2H3.